The van der Waals surface area contributed by atoms with Gasteiger partial charge in [-0.1, -0.05) is 30.3 Å². The van der Waals surface area contributed by atoms with Crippen LogP contribution in [0.1, 0.15) is 41.2 Å². The number of rotatable bonds is 9. The quantitative estimate of drug-likeness (QED) is 0.331. The molecule has 0 aliphatic carbocycles. The number of hydrogen-bond acceptors (Lipinski definition) is 7. The monoisotopic (exact) mass is 545 g/mol. The summed E-state index contributed by atoms with van der Waals surface area (Å²) in [4.78, 5) is 31.4. The van der Waals surface area contributed by atoms with Crippen molar-refractivity contribution in [1.82, 2.24) is 9.88 Å². The topological polar surface area (TPSA) is 90.0 Å². The van der Waals surface area contributed by atoms with Crippen molar-refractivity contribution in [2.75, 3.05) is 38.7 Å². The zero-order chi connectivity index (χ0) is 27.1. The van der Waals surface area contributed by atoms with E-state index in [1.54, 1.807) is 41.7 Å². The van der Waals surface area contributed by atoms with Crippen molar-refractivity contribution >= 4 is 29.0 Å². The van der Waals surface area contributed by atoms with Gasteiger partial charge in [0, 0.05) is 49.7 Å². The molecule has 1 N–H and O–H groups in total. The molecule has 3 aromatic rings. The number of benzene rings is 2. The van der Waals surface area contributed by atoms with E-state index in [9.17, 15) is 18.4 Å². The Balaban J connectivity index is 1.37. The number of alkyl halides is 2. The number of carbonyl (C=O) groups excluding carboxylic acids is 2. The maximum atomic E-state index is 13.1. The average molecular weight is 546 g/mol. The second-order valence-electron chi connectivity index (χ2n) is 8.87. The smallest absolute Gasteiger partial charge is 0.409 e. The molecule has 38 heavy (non-hydrogen) atoms. The van der Waals surface area contributed by atoms with Crippen LogP contribution in [0.2, 0.25) is 0 Å². The van der Waals surface area contributed by atoms with Gasteiger partial charge in [-0.2, -0.15) is 8.78 Å². The van der Waals surface area contributed by atoms with Gasteiger partial charge in [0.15, 0.2) is 0 Å². The fourth-order valence-electron chi connectivity index (χ4n) is 4.13. The van der Waals surface area contributed by atoms with Gasteiger partial charge in [-0.25, -0.2) is 9.78 Å². The van der Waals surface area contributed by atoms with Crippen molar-refractivity contribution in [2.24, 2.45) is 0 Å². The number of nitrogens with zero attached hydrogens (tertiary/aromatic N) is 2. The summed E-state index contributed by atoms with van der Waals surface area (Å²) in [6, 6.07) is 13.5. The van der Waals surface area contributed by atoms with Gasteiger partial charge >= 0.3 is 12.2 Å². The summed E-state index contributed by atoms with van der Waals surface area (Å²) in [5.41, 5.74) is 2.35. The molecule has 4 rings (SSSR count). The van der Waals surface area contributed by atoms with E-state index in [2.05, 4.69) is 15.0 Å². The van der Waals surface area contributed by atoms with Crippen LogP contribution in [0.15, 0.2) is 53.9 Å². The minimum Gasteiger partial charge on any atom is -0.447 e. The highest BCUT2D eigenvalue weighted by molar-refractivity contribution is 7.10. The molecule has 0 saturated carbocycles. The van der Waals surface area contributed by atoms with E-state index in [4.69, 9.17) is 9.47 Å². The molecule has 8 nitrogen and oxygen atoms in total. The van der Waals surface area contributed by atoms with Crippen molar-refractivity contribution in [3.63, 3.8) is 0 Å². The summed E-state index contributed by atoms with van der Waals surface area (Å²) >= 11 is 1.43. The SMILES string of the molecule is COCCOC(=O)N1CCC(c2nc(C(=O)Nc3ccccc3-c3ccc(OC(C)(F)F)cc3)cs2)CC1. The number of piperidine rings is 1. The van der Waals surface area contributed by atoms with Crippen molar-refractivity contribution in [3.05, 3.63) is 64.6 Å². The normalized spacial score (nSPS) is 14.3. The van der Waals surface area contributed by atoms with Gasteiger partial charge in [0.2, 0.25) is 0 Å². The zero-order valence-corrected chi connectivity index (χ0v) is 21.9. The first kappa shape index (κ1) is 27.5. The fraction of sp³-hybridized carbons (Fsp3) is 0.370. The van der Waals surface area contributed by atoms with Crippen molar-refractivity contribution in [2.45, 2.75) is 31.8 Å². The van der Waals surface area contributed by atoms with Gasteiger partial charge in [0.25, 0.3) is 5.91 Å². The Labute approximate surface area is 223 Å². The summed E-state index contributed by atoms with van der Waals surface area (Å²) in [6.45, 7) is 2.38. The largest absolute Gasteiger partial charge is 0.447 e. The van der Waals surface area contributed by atoms with Crippen molar-refractivity contribution in [1.29, 1.82) is 0 Å². The number of nitrogens with one attached hydrogen (secondary N) is 1. The highest BCUT2D eigenvalue weighted by atomic mass is 32.1. The van der Waals surface area contributed by atoms with Crippen LogP contribution in [0.25, 0.3) is 11.1 Å². The van der Waals surface area contributed by atoms with Crippen LogP contribution >= 0.6 is 11.3 Å². The first-order chi connectivity index (χ1) is 18.2. The van der Waals surface area contributed by atoms with Crippen LogP contribution in [0.3, 0.4) is 0 Å². The second-order valence-corrected chi connectivity index (χ2v) is 9.76. The third-order valence-corrected chi connectivity index (χ3v) is 7.01. The predicted octanol–water partition coefficient (Wildman–Crippen LogP) is 6.02. The van der Waals surface area contributed by atoms with Crippen molar-refractivity contribution in [3.8, 4) is 16.9 Å². The molecular weight excluding hydrogens is 516 g/mol. The number of halogens is 2. The van der Waals surface area contributed by atoms with Gasteiger partial charge in [-0.05, 0) is 36.6 Å². The van der Waals surface area contributed by atoms with Crippen LogP contribution in [0.5, 0.6) is 5.75 Å². The number of ether oxygens (including phenoxy) is 3. The van der Waals surface area contributed by atoms with E-state index < -0.39 is 6.11 Å². The number of para-hydroxylation sites is 1. The number of thiazole rings is 1. The van der Waals surface area contributed by atoms with Gasteiger partial charge < -0.3 is 24.4 Å². The summed E-state index contributed by atoms with van der Waals surface area (Å²) in [7, 11) is 1.55. The summed E-state index contributed by atoms with van der Waals surface area (Å²) in [5.74, 6) is -0.135. The molecular formula is C27H29F2N3O5S. The lowest BCUT2D eigenvalue weighted by molar-refractivity contribution is -0.158. The molecule has 2 aromatic carbocycles. The lowest BCUT2D eigenvalue weighted by atomic mass is 9.98. The van der Waals surface area contributed by atoms with E-state index >= 15 is 0 Å². The van der Waals surface area contributed by atoms with E-state index in [1.807, 2.05) is 12.1 Å². The van der Waals surface area contributed by atoms with Gasteiger partial charge in [0.1, 0.15) is 18.1 Å². The highest BCUT2D eigenvalue weighted by Crippen LogP contribution is 2.33. The molecule has 0 spiro atoms. The lowest BCUT2D eigenvalue weighted by Gasteiger charge is -2.30. The summed E-state index contributed by atoms with van der Waals surface area (Å²) in [5, 5.41) is 5.51. The Bertz CT molecular complexity index is 1240. The van der Waals surface area contributed by atoms with Crippen LogP contribution in [0.4, 0.5) is 19.3 Å². The molecule has 202 valence electrons. The average Bonchev–Trinajstić information content (AvgIpc) is 3.40. The molecule has 2 amide bonds. The number of carbonyl (C=O) groups is 2. The van der Waals surface area contributed by atoms with Crippen LogP contribution in [-0.4, -0.2) is 61.4 Å². The molecule has 1 saturated heterocycles. The molecule has 1 fully saturated rings. The summed E-state index contributed by atoms with van der Waals surface area (Å²) < 4.78 is 40.9. The molecule has 2 heterocycles. The van der Waals surface area contributed by atoms with Crippen LogP contribution in [-0.2, 0) is 9.47 Å². The number of anilines is 1. The number of amides is 2. The first-order valence-corrected chi connectivity index (χ1v) is 13.0. The van der Waals surface area contributed by atoms with E-state index in [1.165, 1.54) is 23.5 Å². The van der Waals surface area contributed by atoms with Crippen LogP contribution < -0.4 is 10.1 Å². The highest BCUT2D eigenvalue weighted by Gasteiger charge is 2.27. The number of hydrogen-bond donors (Lipinski definition) is 1. The minimum atomic E-state index is -3.27. The second kappa shape index (κ2) is 12.3. The standard InChI is InChI=1S/C27H29F2N3O5S/c1-27(28,29)37-20-9-7-18(8-10-20)21-5-3-4-6-22(21)30-24(33)23-17-38-25(31-23)19-11-13-32(14-12-19)26(34)36-16-15-35-2/h3-10,17,19H,11-16H2,1-2H3,(H,30,33). The maximum Gasteiger partial charge on any atom is 0.409 e. The molecule has 1 aliphatic heterocycles. The molecule has 1 aliphatic rings. The van der Waals surface area contributed by atoms with E-state index in [0.717, 1.165) is 29.0 Å². The number of likely N-dealkylation sites (tertiary alicyclic amines) is 1. The predicted molar refractivity (Wildman–Crippen MR) is 140 cm³/mol. The van der Waals surface area contributed by atoms with E-state index in [0.29, 0.717) is 38.0 Å². The lowest BCUT2D eigenvalue weighted by Crippen LogP contribution is -2.38. The van der Waals surface area contributed by atoms with E-state index in [-0.39, 0.29) is 30.3 Å². The maximum absolute atomic E-state index is 13.1. The number of methoxy groups -OCH3 is 1. The molecule has 0 unspecified atom stereocenters. The Morgan fingerprint density at radius 1 is 1.11 bits per heavy atom. The minimum absolute atomic E-state index is 0.0478. The third kappa shape index (κ3) is 7.26. The Kier molecular flexibility index (Phi) is 8.90. The summed E-state index contributed by atoms with van der Waals surface area (Å²) in [6.07, 6.45) is -2.14. The molecule has 1 aromatic heterocycles. The Morgan fingerprint density at radius 3 is 2.50 bits per heavy atom. The van der Waals surface area contributed by atoms with Crippen LogP contribution in [0, 0.1) is 0 Å². The third-order valence-electron chi connectivity index (χ3n) is 6.01. The van der Waals surface area contributed by atoms with Gasteiger partial charge in [-0.15, -0.1) is 11.3 Å². The van der Waals surface area contributed by atoms with Gasteiger partial charge in [0.05, 0.1) is 11.6 Å². The zero-order valence-electron chi connectivity index (χ0n) is 21.1. The molecule has 11 heteroatoms. The fourth-order valence-corrected chi connectivity index (χ4v) is 5.10. The van der Waals surface area contributed by atoms with Gasteiger partial charge in [-0.3, -0.25) is 4.79 Å². The molecule has 0 atom stereocenters. The molecule has 0 bridgehead atoms. The number of aromatic nitrogens is 1. The molecule has 0 radical (unpaired) electrons. The Hall–Kier alpha value is -3.57. The first-order valence-electron chi connectivity index (χ1n) is 12.2. The van der Waals surface area contributed by atoms with Crippen molar-refractivity contribution < 1.29 is 32.6 Å². The Morgan fingerprint density at radius 2 is 1.82 bits per heavy atom.